The number of amides is 1. The molecule has 20 heavy (non-hydrogen) atoms. The third-order valence-electron chi connectivity index (χ3n) is 4.51. The number of fused-ring (bicyclic) bond motifs is 1. The van der Waals surface area contributed by atoms with E-state index in [0.717, 1.165) is 17.3 Å². The Balaban J connectivity index is 1.86. The molecule has 0 radical (unpaired) electrons. The average Bonchev–Trinajstić information content (AvgIpc) is 2.96. The Hall–Kier alpha value is -1.77. The molecule has 1 aliphatic carbocycles. The molecule has 1 fully saturated rings. The van der Waals surface area contributed by atoms with E-state index in [-0.39, 0.29) is 5.91 Å². The van der Waals surface area contributed by atoms with E-state index in [1.165, 1.54) is 24.0 Å². The van der Waals surface area contributed by atoms with Crippen molar-refractivity contribution < 1.29 is 4.79 Å². The lowest BCUT2D eigenvalue weighted by molar-refractivity contribution is 0.0925. The third kappa shape index (κ3) is 2.33. The summed E-state index contributed by atoms with van der Waals surface area (Å²) in [6, 6.07) is 6.55. The van der Waals surface area contributed by atoms with E-state index in [1.54, 1.807) is 0 Å². The average molecular weight is 270 g/mol. The monoisotopic (exact) mass is 270 g/mol. The van der Waals surface area contributed by atoms with Gasteiger partial charge in [0.1, 0.15) is 5.69 Å². The van der Waals surface area contributed by atoms with Crippen LogP contribution in [0.5, 0.6) is 0 Å². The van der Waals surface area contributed by atoms with Gasteiger partial charge in [-0.05, 0) is 55.9 Å². The van der Waals surface area contributed by atoms with Crippen molar-refractivity contribution in [3.05, 3.63) is 35.0 Å². The van der Waals surface area contributed by atoms with Gasteiger partial charge in [0.2, 0.25) is 0 Å². The van der Waals surface area contributed by atoms with Gasteiger partial charge in [-0.25, -0.2) is 0 Å². The maximum atomic E-state index is 12.4. The Kier molecular flexibility index (Phi) is 3.28. The lowest BCUT2D eigenvalue weighted by Crippen LogP contribution is -2.36. The van der Waals surface area contributed by atoms with E-state index in [2.05, 4.69) is 43.2 Å². The van der Waals surface area contributed by atoms with E-state index in [1.807, 2.05) is 6.07 Å². The number of aryl methyl sites for hydroxylation is 2. The maximum absolute atomic E-state index is 12.4. The molecule has 1 aromatic heterocycles. The minimum absolute atomic E-state index is 0.0250. The van der Waals surface area contributed by atoms with E-state index in [9.17, 15) is 4.79 Å². The summed E-state index contributed by atoms with van der Waals surface area (Å²) in [6.45, 7) is 6.38. The summed E-state index contributed by atoms with van der Waals surface area (Å²) >= 11 is 0. The Bertz CT molecular complexity index is 656. The van der Waals surface area contributed by atoms with Crippen LogP contribution in [0, 0.1) is 19.8 Å². The van der Waals surface area contributed by atoms with Crippen LogP contribution in [0.2, 0.25) is 0 Å². The first-order chi connectivity index (χ1) is 9.54. The van der Waals surface area contributed by atoms with Gasteiger partial charge >= 0.3 is 0 Å². The topological polar surface area (TPSA) is 44.9 Å². The summed E-state index contributed by atoms with van der Waals surface area (Å²) in [4.78, 5) is 15.6. The second kappa shape index (κ2) is 4.97. The van der Waals surface area contributed by atoms with Gasteiger partial charge in [0.15, 0.2) is 0 Å². The van der Waals surface area contributed by atoms with Crippen LogP contribution < -0.4 is 5.32 Å². The molecule has 106 valence electrons. The number of H-pyrrole nitrogens is 1. The van der Waals surface area contributed by atoms with Crippen LogP contribution >= 0.6 is 0 Å². The number of rotatable bonds is 2. The van der Waals surface area contributed by atoms with Crippen molar-refractivity contribution in [2.45, 2.75) is 46.1 Å². The fourth-order valence-electron chi connectivity index (χ4n) is 3.33. The quantitative estimate of drug-likeness (QED) is 0.858. The van der Waals surface area contributed by atoms with Gasteiger partial charge < -0.3 is 10.3 Å². The number of aromatic nitrogens is 1. The van der Waals surface area contributed by atoms with Gasteiger partial charge in [-0.2, -0.15) is 0 Å². The predicted molar refractivity (Wildman–Crippen MR) is 82.0 cm³/mol. The first-order valence-corrected chi connectivity index (χ1v) is 7.45. The van der Waals surface area contributed by atoms with Gasteiger partial charge in [0.25, 0.3) is 5.91 Å². The number of benzene rings is 1. The Labute approximate surface area is 119 Å². The molecule has 3 heteroatoms. The van der Waals surface area contributed by atoms with Crippen molar-refractivity contribution in [3.8, 4) is 0 Å². The molecule has 0 bridgehead atoms. The summed E-state index contributed by atoms with van der Waals surface area (Å²) in [5, 5.41) is 4.31. The largest absolute Gasteiger partial charge is 0.351 e. The zero-order valence-corrected chi connectivity index (χ0v) is 12.4. The van der Waals surface area contributed by atoms with Crippen LogP contribution in [0.15, 0.2) is 18.2 Å². The fourth-order valence-corrected chi connectivity index (χ4v) is 3.33. The maximum Gasteiger partial charge on any atom is 0.267 e. The molecule has 1 aromatic carbocycles. The molecule has 3 rings (SSSR count). The molecule has 1 aliphatic rings. The van der Waals surface area contributed by atoms with Gasteiger partial charge in [-0.15, -0.1) is 0 Å². The minimum atomic E-state index is 0.0250. The smallest absolute Gasteiger partial charge is 0.267 e. The summed E-state index contributed by atoms with van der Waals surface area (Å²) in [5.74, 6) is 0.615. The molecular weight excluding hydrogens is 248 g/mol. The van der Waals surface area contributed by atoms with Crippen LogP contribution in [0.1, 0.15) is 47.8 Å². The molecule has 2 N–H and O–H groups in total. The van der Waals surface area contributed by atoms with Crippen LogP contribution in [-0.2, 0) is 0 Å². The molecule has 0 saturated heterocycles. The molecular formula is C17H22N2O. The third-order valence-corrected chi connectivity index (χ3v) is 4.51. The molecule has 3 nitrogen and oxygen atoms in total. The van der Waals surface area contributed by atoms with Crippen molar-refractivity contribution in [2.75, 3.05) is 0 Å². The normalized spacial score (nSPS) is 22.4. The molecule has 2 atom stereocenters. The molecule has 1 heterocycles. The summed E-state index contributed by atoms with van der Waals surface area (Å²) in [5.41, 5.74) is 4.15. The SMILES string of the molecule is Cc1cc(C)c2cc(C(=O)NC3CCCC3C)[nH]c2c1. The van der Waals surface area contributed by atoms with Gasteiger partial charge in [-0.1, -0.05) is 19.4 Å². The number of nitrogens with one attached hydrogen (secondary N) is 2. The number of hydrogen-bond donors (Lipinski definition) is 2. The van der Waals surface area contributed by atoms with E-state index < -0.39 is 0 Å². The highest BCUT2D eigenvalue weighted by Crippen LogP contribution is 2.26. The standard InChI is InChI=1S/C17H22N2O/c1-10-7-12(3)13-9-16(18-15(13)8-10)17(20)19-14-6-4-5-11(14)2/h7-9,11,14,18H,4-6H2,1-3H3,(H,19,20). The molecule has 2 aromatic rings. The molecule has 1 amide bonds. The second-order valence-electron chi connectivity index (χ2n) is 6.21. The number of carbonyl (C=O) groups excluding carboxylic acids is 1. The van der Waals surface area contributed by atoms with Crippen LogP contribution in [0.3, 0.4) is 0 Å². The van der Waals surface area contributed by atoms with Crippen molar-refractivity contribution in [1.29, 1.82) is 0 Å². The molecule has 1 saturated carbocycles. The van der Waals surface area contributed by atoms with Gasteiger partial charge in [0, 0.05) is 16.9 Å². The van der Waals surface area contributed by atoms with Crippen molar-refractivity contribution in [2.24, 2.45) is 5.92 Å². The number of hydrogen-bond acceptors (Lipinski definition) is 1. The van der Waals surface area contributed by atoms with Crippen LogP contribution in [-0.4, -0.2) is 16.9 Å². The number of carbonyl (C=O) groups is 1. The predicted octanol–water partition coefficient (Wildman–Crippen LogP) is 3.70. The summed E-state index contributed by atoms with van der Waals surface area (Å²) < 4.78 is 0. The summed E-state index contributed by atoms with van der Waals surface area (Å²) in [7, 11) is 0. The van der Waals surface area contributed by atoms with E-state index >= 15 is 0 Å². The van der Waals surface area contributed by atoms with Gasteiger partial charge in [0.05, 0.1) is 0 Å². The highest BCUT2D eigenvalue weighted by molar-refractivity contribution is 5.99. The van der Waals surface area contributed by atoms with E-state index in [4.69, 9.17) is 0 Å². The zero-order chi connectivity index (χ0) is 14.3. The molecule has 0 aliphatic heterocycles. The zero-order valence-electron chi connectivity index (χ0n) is 12.4. The Morgan fingerprint density at radius 1 is 1.25 bits per heavy atom. The highest BCUT2D eigenvalue weighted by Gasteiger charge is 2.25. The first kappa shape index (κ1) is 13.2. The lowest BCUT2D eigenvalue weighted by atomic mass is 10.1. The van der Waals surface area contributed by atoms with Crippen molar-refractivity contribution in [3.63, 3.8) is 0 Å². The fraction of sp³-hybridized carbons (Fsp3) is 0.471. The van der Waals surface area contributed by atoms with Crippen LogP contribution in [0.25, 0.3) is 10.9 Å². The lowest BCUT2D eigenvalue weighted by Gasteiger charge is -2.16. The van der Waals surface area contributed by atoms with Crippen LogP contribution in [0.4, 0.5) is 0 Å². The first-order valence-electron chi connectivity index (χ1n) is 7.45. The number of aromatic amines is 1. The molecule has 2 unspecified atom stereocenters. The Morgan fingerprint density at radius 3 is 2.75 bits per heavy atom. The second-order valence-corrected chi connectivity index (χ2v) is 6.21. The summed E-state index contributed by atoms with van der Waals surface area (Å²) in [6.07, 6.45) is 3.54. The van der Waals surface area contributed by atoms with Crippen molar-refractivity contribution >= 4 is 16.8 Å². The minimum Gasteiger partial charge on any atom is -0.351 e. The highest BCUT2D eigenvalue weighted by atomic mass is 16.1. The van der Waals surface area contributed by atoms with E-state index in [0.29, 0.717) is 17.7 Å². The van der Waals surface area contributed by atoms with Gasteiger partial charge in [-0.3, -0.25) is 4.79 Å². The molecule has 0 spiro atoms. The Morgan fingerprint density at radius 2 is 2.05 bits per heavy atom. The van der Waals surface area contributed by atoms with Crippen molar-refractivity contribution in [1.82, 2.24) is 10.3 Å².